The molecule has 0 unspecified atom stereocenters. The number of hydrogen-bond donors (Lipinski definition) is 1. The van der Waals surface area contributed by atoms with E-state index in [-0.39, 0.29) is 27.9 Å². The van der Waals surface area contributed by atoms with Gasteiger partial charge in [0.2, 0.25) is 0 Å². The number of pyridine rings is 1. The van der Waals surface area contributed by atoms with Crippen LogP contribution in [0.25, 0.3) is 5.65 Å². The molecule has 0 aliphatic heterocycles. The summed E-state index contributed by atoms with van der Waals surface area (Å²) in [7, 11) is 2.96. The molecule has 3 rings (SSSR count). The lowest BCUT2D eigenvalue weighted by Crippen LogP contribution is -2.27. The van der Waals surface area contributed by atoms with Crippen molar-refractivity contribution in [3.05, 3.63) is 63.5 Å². The molecular weight excluding hydrogens is 403 g/mol. The zero-order valence-corrected chi connectivity index (χ0v) is 17.0. The van der Waals surface area contributed by atoms with Gasteiger partial charge in [0, 0.05) is 13.2 Å². The topological polar surface area (TPSA) is 75.9 Å². The number of aryl methyl sites for hydroxylation is 1. The molecule has 2 heterocycles. The number of fused-ring (bicyclic) bond motifs is 1. The van der Waals surface area contributed by atoms with Gasteiger partial charge in [-0.3, -0.25) is 14.4 Å². The van der Waals surface area contributed by atoms with Gasteiger partial charge in [-0.1, -0.05) is 29.3 Å². The molecule has 0 bridgehead atoms. The van der Waals surface area contributed by atoms with Crippen LogP contribution in [0.3, 0.4) is 0 Å². The maximum absolute atomic E-state index is 12.7. The van der Waals surface area contributed by atoms with Crippen LogP contribution in [0.15, 0.2) is 36.5 Å². The average molecular weight is 421 g/mol. The smallest absolute Gasteiger partial charge is 0.258 e. The first-order valence-corrected chi connectivity index (χ1v) is 9.11. The number of amides is 2. The summed E-state index contributed by atoms with van der Waals surface area (Å²) < 4.78 is 1.76. The van der Waals surface area contributed by atoms with Crippen molar-refractivity contribution in [1.82, 2.24) is 14.4 Å². The molecule has 146 valence electrons. The van der Waals surface area contributed by atoms with Gasteiger partial charge >= 0.3 is 0 Å². The molecule has 9 heteroatoms. The van der Waals surface area contributed by atoms with Crippen LogP contribution in [0, 0.1) is 6.92 Å². The molecule has 0 radical (unpaired) electrons. The Morgan fingerprint density at radius 3 is 2.54 bits per heavy atom. The number of hydrogen-bond acceptors (Lipinski definition) is 4. The van der Waals surface area contributed by atoms with Crippen molar-refractivity contribution in [2.45, 2.75) is 13.3 Å². The van der Waals surface area contributed by atoms with Crippen LogP contribution >= 0.6 is 23.2 Å². The Hall–Kier alpha value is -2.61. The minimum absolute atomic E-state index is 0.102. The third-order valence-electron chi connectivity index (χ3n) is 4.33. The zero-order valence-electron chi connectivity index (χ0n) is 15.5. The number of aromatic nitrogens is 2. The van der Waals surface area contributed by atoms with Gasteiger partial charge in [-0.05, 0) is 31.2 Å². The fourth-order valence-electron chi connectivity index (χ4n) is 2.80. The number of halogens is 2. The summed E-state index contributed by atoms with van der Waals surface area (Å²) in [5.74, 6) is -0.661. The predicted molar refractivity (Wildman–Crippen MR) is 108 cm³/mol. The Balaban J connectivity index is 1.97. The number of benzene rings is 1. The number of nitrogens with one attached hydrogen (secondary N) is 1. The molecule has 0 spiro atoms. The molecule has 2 aromatic heterocycles. The lowest BCUT2D eigenvalue weighted by Gasteiger charge is -2.14. The number of carbonyl (C=O) groups is 2. The van der Waals surface area contributed by atoms with Crippen LogP contribution in [0.5, 0.6) is 0 Å². The highest BCUT2D eigenvalue weighted by atomic mass is 35.5. The zero-order chi connectivity index (χ0) is 20.4. The maximum Gasteiger partial charge on any atom is 0.258 e. The van der Waals surface area contributed by atoms with E-state index in [0.29, 0.717) is 22.7 Å². The molecule has 0 aliphatic carbocycles. The van der Waals surface area contributed by atoms with Crippen LogP contribution in [0.4, 0.5) is 5.69 Å². The number of imidazole rings is 1. The van der Waals surface area contributed by atoms with Gasteiger partial charge in [0.15, 0.2) is 5.65 Å². The van der Waals surface area contributed by atoms with E-state index >= 15 is 0 Å². The lowest BCUT2D eigenvalue weighted by atomic mass is 10.2. The van der Waals surface area contributed by atoms with Gasteiger partial charge in [0.05, 0.1) is 46.2 Å². The predicted octanol–water partition coefficient (Wildman–Crippen LogP) is 3.76. The number of likely N-dealkylation sites (N-methyl/N-ethyl adjacent to an activating group) is 1. The first-order valence-electron chi connectivity index (χ1n) is 8.36. The second-order valence-electron chi connectivity index (χ2n) is 6.06. The van der Waals surface area contributed by atoms with E-state index < -0.39 is 5.91 Å². The Morgan fingerprint density at radius 1 is 1.21 bits per heavy atom. The molecular formula is C19H18Cl2N4O3. The van der Waals surface area contributed by atoms with Crippen molar-refractivity contribution in [2.24, 2.45) is 0 Å². The third-order valence-corrected chi connectivity index (χ3v) is 4.96. The number of carbonyl (C=O) groups excluding carboxylic acids is 2. The van der Waals surface area contributed by atoms with E-state index in [0.717, 1.165) is 5.06 Å². The van der Waals surface area contributed by atoms with Gasteiger partial charge in [0.25, 0.3) is 11.8 Å². The Bertz CT molecular complexity index is 1040. The highest BCUT2D eigenvalue weighted by molar-refractivity contribution is 6.40. The van der Waals surface area contributed by atoms with E-state index in [2.05, 4.69) is 10.3 Å². The first kappa shape index (κ1) is 20.1. The summed E-state index contributed by atoms with van der Waals surface area (Å²) in [5.41, 5.74) is 2.56. The summed E-state index contributed by atoms with van der Waals surface area (Å²) in [4.78, 5) is 34.4. The molecule has 0 aliphatic rings. The van der Waals surface area contributed by atoms with E-state index in [9.17, 15) is 9.59 Å². The van der Waals surface area contributed by atoms with Crippen LogP contribution in [-0.2, 0) is 16.1 Å². The van der Waals surface area contributed by atoms with E-state index in [1.54, 1.807) is 54.9 Å². The van der Waals surface area contributed by atoms with Crippen molar-refractivity contribution in [2.75, 3.05) is 19.5 Å². The largest absolute Gasteiger partial charge is 0.319 e. The Kier molecular flexibility index (Phi) is 5.88. The Labute approximate surface area is 171 Å². The van der Waals surface area contributed by atoms with E-state index in [1.807, 2.05) is 0 Å². The molecule has 7 nitrogen and oxygen atoms in total. The van der Waals surface area contributed by atoms with Crippen molar-refractivity contribution in [3.63, 3.8) is 0 Å². The second kappa shape index (κ2) is 8.18. The van der Waals surface area contributed by atoms with Crippen molar-refractivity contribution in [3.8, 4) is 0 Å². The molecule has 0 atom stereocenters. The van der Waals surface area contributed by atoms with Crippen molar-refractivity contribution < 1.29 is 14.4 Å². The van der Waals surface area contributed by atoms with Crippen LogP contribution in [0.1, 0.15) is 21.7 Å². The number of anilines is 1. The van der Waals surface area contributed by atoms with E-state index in [4.69, 9.17) is 28.0 Å². The molecule has 0 saturated heterocycles. The number of hydroxylamine groups is 2. The van der Waals surface area contributed by atoms with Gasteiger partial charge in [0.1, 0.15) is 0 Å². The fourth-order valence-corrected chi connectivity index (χ4v) is 3.37. The normalized spacial score (nSPS) is 10.9. The molecule has 0 fully saturated rings. The van der Waals surface area contributed by atoms with E-state index in [1.165, 1.54) is 7.11 Å². The van der Waals surface area contributed by atoms with Crippen LogP contribution in [0.2, 0.25) is 10.0 Å². The lowest BCUT2D eigenvalue weighted by molar-refractivity contribution is -0.167. The van der Waals surface area contributed by atoms with Crippen LogP contribution in [-0.4, -0.2) is 40.4 Å². The van der Waals surface area contributed by atoms with Crippen LogP contribution < -0.4 is 5.32 Å². The van der Waals surface area contributed by atoms with Crippen molar-refractivity contribution >= 4 is 46.4 Å². The second-order valence-corrected chi connectivity index (χ2v) is 6.88. The Morgan fingerprint density at radius 2 is 1.89 bits per heavy atom. The number of rotatable bonds is 5. The average Bonchev–Trinajstić information content (AvgIpc) is 2.97. The van der Waals surface area contributed by atoms with Gasteiger partial charge in [-0.15, -0.1) is 0 Å². The minimum atomic E-state index is -0.443. The summed E-state index contributed by atoms with van der Waals surface area (Å²) in [6.45, 7) is 1.80. The van der Waals surface area contributed by atoms with Gasteiger partial charge in [-0.2, -0.15) is 0 Å². The number of nitrogens with zero attached hydrogens (tertiary/aromatic N) is 3. The minimum Gasteiger partial charge on any atom is -0.319 e. The molecule has 3 aromatic rings. The molecule has 0 saturated carbocycles. The van der Waals surface area contributed by atoms with Crippen molar-refractivity contribution in [1.29, 1.82) is 0 Å². The first-order chi connectivity index (χ1) is 13.3. The molecule has 1 aromatic carbocycles. The fraction of sp³-hybridized carbons (Fsp3) is 0.211. The highest BCUT2D eigenvalue weighted by Gasteiger charge is 2.20. The standard InChI is InChI=1S/C19H18Cl2N4O3/c1-11-15(10-16(26)24(2)28-3)25-9-5-8-14(18(25)22-11)23-19(27)17-12(20)6-4-7-13(17)21/h4-9H,10H2,1-3H3,(H,23,27). The summed E-state index contributed by atoms with van der Waals surface area (Å²) in [5, 5.41) is 4.47. The quantitative estimate of drug-likeness (QED) is 0.637. The molecule has 28 heavy (non-hydrogen) atoms. The highest BCUT2D eigenvalue weighted by Crippen LogP contribution is 2.27. The van der Waals surface area contributed by atoms with Gasteiger partial charge in [-0.25, -0.2) is 10.0 Å². The summed E-state index contributed by atoms with van der Waals surface area (Å²) in [6, 6.07) is 8.33. The SMILES string of the molecule is CON(C)C(=O)Cc1c(C)nc2c(NC(=O)c3c(Cl)cccc3Cl)cccn12. The summed E-state index contributed by atoms with van der Waals surface area (Å²) >= 11 is 12.2. The molecule has 2 amide bonds. The summed E-state index contributed by atoms with van der Waals surface area (Å²) in [6.07, 6.45) is 1.88. The third kappa shape index (κ3) is 3.82. The monoisotopic (exact) mass is 420 g/mol. The molecule has 1 N–H and O–H groups in total. The van der Waals surface area contributed by atoms with Gasteiger partial charge < -0.3 is 9.72 Å². The maximum atomic E-state index is 12.7.